The monoisotopic (exact) mass is 418 g/mol. The number of thioether (sulfide) groups is 1. The lowest BCUT2D eigenvalue weighted by molar-refractivity contribution is -0.130. The lowest BCUT2D eigenvalue weighted by Crippen LogP contribution is -2.30. The molecule has 4 nitrogen and oxygen atoms in total. The molecule has 29 heavy (non-hydrogen) atoms. The molecule has 1 saturated carbocycles. The second-order valence-electron chi connectivity index (χ2n) is 7.75. The van der Waals surface area contributed by atoms with Gasteiger partial charge in [0.25, 0.3) is 5.91 Å². The molecular formula is C22H24F2N2O2S. The van der Waals surface area contributed by atoms with Crippen LogP contribution in [0.5, 0.6) is 0 Å². The van der Waals surface area contributed by atoms with Crippen LogP contribution in [0.25, 0.3) is 0 Å². The van der Waals surface area contributed by atoms with Gasteiger partial charge in [-0.05, 0) is 37.5 Å². The van der Waals surface area contributed by atoms with Crippen LogP contribution in [-0.4, -0.2) is 33.6 Å². The highest BCUT2D eigenvalue weighted by atomic mass is 32.2. The number of amides is 1. The summed E-state index contributed by atoms with van der Waals surface area (Å²) in [6.07, 6.45) is 2.90. The van der Waals surface area contributed by atoms with Crippen LogP contribution in [0.1, 0.15) is 55.0 Å². The number of carbonyl (C=O) groups is 1. The molecule has 1 unspecified atom stereocenters. The summed E-state index contributed by atoms with van der Waals surface area (Å²) < 4.78 is 32.3. The van der Waals surface area contributed by atoms with Gasteiger partial charge < -0.3 is 4.42 Å². The molecule has 1 aromatic carbocycles. The fraction of sp³-hybridized carbons (Fsp3) is 0.455. The third-order valence-corrected chi connectivity index (χ3v) is 6.89. The molecule has 1 aliphatic heterocycles. The Kier molecular flexibility index (Phi) is 5.76. The summed E-state index contributed by atoms with van der Waals surface area (Å²) in [5.74, 6) is -1.73. The van der Waals surface area contributed by atoms with Crippen molar-refractivity contribution in [3.05, 3.63) is 59.5 Å². The second kappa shape index (κ2) is 8.30. The fourth-order valence-corrected chi connectivity index (χ4v) is 4.88. The van der Waals surface area contributed by atoms with Crippen LogP contribution >= 0.6 is 11.8 Å². The van der Waals surface area contributed by atoms with Gasteiger partial charge in [-0.3, -0.25) is 4.79 Å². The van der Waals surface area contributed by atoms with E-state index in [1.54, 1.807) is 12.3 Å². The molecule has 7 heteroatoms. The van der Waals surface area contributed by atoms with Gasteiger partial charge in [0.1, 0.15) is 11.8 Å². The number of furan rings is 1. The SMILES string of the molecule is Cc1ccc(C2=NN(C(=O)CSC3CCC(F)(F)CC3)C(c3ccco3)C2)cc1. The van der Waals surface area contributed by atoms with Crippen LogP contribution in [0.4, 0.5) is 8.78 Å². The lowest BCUT2D eigenvalue weighted by Gasteiger charge is -2.28. The number of rotatable bonds is 5. The van der Waals surface area contributed by atoms with Crippen molar-refractivity contribution in [1.29, 1.82) is 0 Å². The molecule has 4 rings (SSSR count). The zero-order chi connectivity index (χ0) is 20.4. The van der Waals surface area contributed by atoms with E-state index in [0.717, 1.165) is 16.8 Å². The first-order valence-corrected chi connectivity index (χ1v) is 11.0. The number of alkyl halides is 2. The molecule has 2 aromatic rings. The average molecular weight is 419 g/mol. The van der Waals surface area contributed by atoms with Crippen LogP contribution in [0.2, 0.25) is 0 Å². The summed E-state index contributed by atoms with van der Waals surface area (Å²) in [4.78, 5) is 13.0. The summed E-state index contributed by atoms with van der Waals surface area (Å²) in [6, 6.07) is 11.5. The van der Waals surface area contributed by atoms with Crippen molar-refractivity contribution in [1.82, 2.24) is 5.01 Å². The average Bonchev–Trinajstić information content (AvgIpc) is 3.37. The normalized spacial score (nSPS) is 22.0. The number of nitrogens with zero attached hydrogens (tertiary/aromatic N) is 2. The predicted molar refractivity (Wildman–Crippen MR) is 110 cm³/mol. The van der Waals surface area contributed by atoms with E-state index in [0.29, 0.717) is 25.0 Å². The minimum Gasteiger partial charge on any atom is -0.467 e. The topological polar surface area (TPSA) is 45.8 Å². The van der Waals surface area contributed by atoms with Gasteiger partial charge in [-0.2, -0.15) is 5.10 Å². The van der Waals surface area contributed by atoms with Gasteiger partial charge in [0, 0.05) is 24.5 Å². The predicted octanol–water partition coefficient (Wildman–Crippen LogP) is 5.58. The molecule has 0 spiro atoms. The Morgan fingerprint density at radius 3 is 2.62 bits per heavy atom. The Morgan fingerprint density at radius 2 is 1.97 bits per heavy atom. The number of carbonyl (C=O) groups excluding carboxylic acids is 1. The van der Waals surface area contributed by atoms with Gasteiger partial charge in [-0.15, -0.1) is 11.8 Å². The number of hydrazone groups is 1. The molecule has 0 saturated heterocycles. The van der Waals surface area contributed by atoms with E-state index < -0.39 is 5.92 Å². The molecule has 0 radical (unpaired) electrons. The molecular weight excluding hydrogens is 394 g/mol. The van der Waals surface area contributed by atoms with Crippen LogP contribution in [0.15, 0.2) is 52.2 Å². The van der Waals surface area contributed by atoms with Gasteiger partial charge in [0.15, 0.2) is 0 Å². The summed E-state index contributed by atoms with van der Waals surface area (Å²) >= 11 is 1.47. The summed E-state index contributed by atoms with van der Waals surface area (Å²) in [5, 5.41) is 6.23. The van der Waals surface area contributed by atoms with Crippen molar-refractivity contribution < 1.29 is 18.0 Å². The highest BCUT2D eigenvalue weighted by molar-refractivity contribution is 8.00. The Hall–Kier alpha value is -2.15. The Bertz CT molecular complexity index is 871. The van der Waals surface area contributed by atoms with Gasteiger partial charge >= 0.3 is 0 Å². The largest absolute Gasteiger partial charge is 0.467 e. The van der Waals surface area contributed by atoms with E-state index in [9.17, 15) is 13.6 Å². The number of aryl methyl sites for hydroxylation is 1. The zero-order valence-corrected chi connectivity index (χ0v) is 17.1. The third-order valence-electron chi connectivity index (χ3n) is 5.53. The van der Waals surface area contributed by atoms with Crippen LogP contribution < -0.4 is 0 Å². The van der Waals surface area contributed by atoms with E-state index in [1.165, 1.54) is 16.8 Å². The van der Waals surface area contributed by atoms with Gasteiger partial charge in [0.2, 0.25) is 5.92 Å². The number of hydrogen-bond donors (Lipinski definition) is 0. The maximum Gasteiger partial charge on any atom is 0.253 e. The molecule has 1 fully saturated rings. The molecule has 1 aliphatic carbocycles. The van der Waals surface area contributed by atoms with Crippen molar-refractivity contribution >= 4 is 23.4 Å². The fourth-order valence-electron chi connectivity index (χ4n) is 3.80. The highest BCUT2D eigenvalue weighted by Gasteiger charge is 2.37. The molecule has 1 amide bonds. The molecule has 0 N–H and O–H groups in total. The minimum absolute atomic E-state index is 0.0900. The second-order valence-corrected chi connectivity index (χ2v) is 9.04. The quantitative estimate of drug-likeness (QED) is 0.637. The Morgan fingerprint density at radius 1 is 1.24 bits per heavy atom. The molecule has 1 aromatic heterocycles. The van der Waals surface area contributed by atoms with Crippen LogP contribution in [0.3, 0.4) is 0 Å². The van der Waals surface area contributed by atoms with Crippen LogP contribution in [0, 0.1) is 6.92 Å². The molecule has 154 valence electrons. The third kappa shape index (κ3) is 4.71. The van der Waals surface area contributed by atoms with Gasteiger partial charge in [-0.1, -0.05) is 29.8 Å². The molecule has 1 atom stereocenters. The van der Waals surface area contributed by atoms with Gasteiger partial charge in [-0.25, -0.2) is 13.8 Å². The van der Waals surface area contributed by atoms with E-state index in [2.05, 4.69) is 5.10 Å². The van der Waals surface area contributed by atoms with Gasteiger partial charge in [0.05, 0.1) is 17.7 Å². The van der Waals surface area contributed by atoms with Crippen molar-refractivity contribution in [2.75, 3.05) is 5.75 Å². The molecule has 2 heterocycles. The van der Waals surface area contributed by atoms with E-state index in [4.69, 9.17) is 4.42 Å². The van der Waals surface area contributed by atoms with Crippen molar-refractivity contribution in [3.63, 3.8) is 0 Å². The Balaban J connectivity index is 1.46. The van der Waals surface area contributed by atoms with E-state index in [-0.39, 0.29) is 35.8 Å². The summed E-state index contributed by atoms with van der Waals surface area (Å²) in [7, 11) is 0. The molecule has 0 bridgehead atoms. The first kappa shape index (κ1) is 20.1. The summed E-state index contributed by atoms with van der Waals surface area (Å²) in [5.41, 5.74) is 3.00. The van der Waals surface area contributed by atoms with E-state index in [1.807, 2.05) is 37.3 Å². The maximum atomic E-state index is 13.3. The van der Waals surface area contributed by atoms with Crippen molar-refractivity contribution in [3.8, 4) is 0 Å². The first-order valence-electron chi connectivity index (χ1n) is 9.91. The standard InChI is InChI=1S/C22H24F2N2O2S/c1-15-4-6-16(7-5-15)18-13-19(20-3-2-12-28-20)26(25-18)21(27)14-29-17-8-10-22(23,24)11-9-17/h2-7,12,17,19H,8-11,13-14H2,1H3. The van der Waals surface area contributed by atoms with Crippen molar-refractivity contribution in [2.24, 2.45) is 5.10 Å². The van der Waals surface area contributed by atoms with Crippen LogP contribution in [-0.2, 0) is 4.79 Å². The van der Waals surface area contributed by atoms with Crippen molar-refractivity contribution in [2.45, 2.75) is 56.2 Å². The zero-order valence-electron chi connectivity index (χ0n) is 16.3. The molecule has 2 aliphatic rings. The first-order chi connectivity index (χ1) is 13.9. The lowest BCUT2D eigenvalue weighted by atomic mass is 9.96. The Labute approximate surface area is 173 Å². The number of halogens is 2. The maximum absolute atomic E-state index is 13.3. The number of hydrogen-bond acceptors (Lipinski definition) is 4. The highest BCUT2D eigenvalue weighted by Crippen LogP contribution is 2.39. The smallest absolute Gasteiger partial charge is 0.253 e. The van der Waals surface area contributed by atoms with E-state index >= 15 is 0 Å². The number of benzene rings is 1. The minimum atomic E-state index is -2.55. The summed E-state index contributed by atoms with van der Waals surface area (Å²) in [6.45, 7) is 2.03.